The number of hydrogen-bond donors (Lipinski definition) is 0. The first-order valence-corrected chi connectivity index (χ1v) is 5.13. The maximum absolute atomic E-state index is 13.2. The van der Waals surface area contributed by atoms with Crippen LogP contribution >= 0.6 is 11.6 Å². The monoisotopic (exact) mass is 235 g/mol. The van der Waals surface area contributed by atoms with Crippen LogP contribution in [0.1, 0.15) is 5.69 Å². The number of aromatic nitrogens is 3. The molecule has 0 saturated heterocycles. The molecule has 0 atom stereocenters. The molecule has 0 bridgehead atoms. The van der Waals surface area contributed by atoms with E-state index in [-0.39, 0.29) is 5.82 Å². The second-order valence-electron chi connectivity index (χ2n) is 3.59. The van der Waals surface area contributed by atoms with Crippen LogP contribution in [0.4, 0.5) is 4.39 Å². The molecule has 0 aliphatic heterocycles. The Morgan fingerprint density at radius 1 is 1.38 bits per heavy atom. The Morgan fingerprint density at radius 2 is 2.19 bits per heavy atom. The summed E-state index contributed by atoms with van der Waals surface area (Å²) in [5, 5.41) is 0.326. The van der Waals surface area contributed by atoms with E-state index in [2.05, 4.69) is 9.97 Å². The molecule has 0 N–H and O–H groups in total. The molecular weight excluding hydrogens is 229 g/mol. The number of rotatable bonds is 0. The van der Waals surface area contributed by atoms with Crippen molar-refractivity contribution in [3.63, 3.8) is 0 Å². The molecule has 0 amide bonds. The number of hydrogen-bond acceptors (Lipinski definition) is 2. The van der Waals surface area contributed by atoms with E-state index < -0.39 is 0 Å². The van der Waals surface area contributed by atoms with Gasteiger partial charge < -0.3 is 0 Å². The minimum Gasteiger partial charge on any atom is -0.293 e. The van der Waals surface area contributed by atoms with E-state index in [0.717, 1.165) is 5.69 Å². The third kappa shape index (κ3) is 1.20. The average Bonchev–Trinajstić information content (AvgIpc) is 2.63. The Morgan fingerprint density at radius 3 is 3.00 bits per heavy atom. The lowest BCUT2D eigenvalue weighted by Crippen LogP contribution is -1.95. The molecule has 3 rings (SSSR count). The molecule has 3 nitrogen and oxygen atoms in total. The normalized spacial score (nSPS) is 11.4. The summed E-state index contributed by atoms with van der Waals surface area (Å²) in [6.45, 7) is 1.89. The van der Waals surface area contributed by atoms with Crippen molar-refractivity contribution in [3.05, 3.63) is 41.1 Å². The first kappa shape index (κ1) is 9.54. The van der Waals surface area contributed by atoms with Gasteiger partial charge in [0.2, 0.25) is 0 Å². The van der Waals surface area contributed by atoms with Crippen LogP contribution in [0.25, 0.3) is 16.7 Å². The van der Waals surface area contributed by atoms with Crippen LogP contribution in [0, 0.1) is 12.7 Å². The highest BCUT2D eigenvalue weighted by Crippen LogP contribution is 2.22. The molecule has 80 valence electrons. The number of halogens is 2. The fourth-order valence-electron chi connectivity index (χ4n) is 1.81. The largest absolute Gasteiger partial charge is 0.293 e. The summed E-state index contributed by atoms with van der Waals surface area (Å²) in [5.74, 6) is -0.300. The number of nitrogens with zero attached hydrogens (tertiary/aromatic N) is 3. The zero-order chi connectivity index (χ0) is 11.3. The van der Waals surface area contributed by atoms with Crippen molar-refractivity contribution >= 4 is 28.3 Å². The average molecular weight is 236 g/mol. The maximum atomic E-state index is 13.2. The zero-order valence-corrected chi connectivity index (χ0v) is 9.16. The van der Waals surface area contributed by atoms with E-state index in [4.69, 9.17) is 11.6 Å². The van der Waals surface area contributed by atoms with Crippen LogP contribution in [-0.4, -0.2) is 14.4 Å². The molecule has 0 aliphatic rings. The summed E-state index contributed by atoms with van der Waals surface area (Å²) in [4.78, 5) is 8.32. The molecule has 5 heteroatoms. The van der Waals surface area contributed by atoms with Gasteiger partial charge in [-0.3, -0.25) is 4.40 Å². The van der Waals surface area contributed by atoms with Crippen molar-refractivity contribution in [1.29, 1.82) is 0 Å². The summed E-state index contributed by atoms with van der Waals surface area (Å²) in [6, 6.07) is 4.40. The first-order valence-electron chi connectivity index (χ1n) is 4.75. The molecule has 1 aromatic carbocycles. The number of fused-ring (bicyclic) bond motifs is 3. The number of imidazole rings is 1. The lowest BCUT2D eigenvalue weighted by molar-refractivity contribution is 0.629. The van der Waals surface area contributed by atoms with E-state index >= 15 is 0 Å². The van der Waals surface area contributed by atoms with Gasteiger partial charge in [0, 0.05) is 18.0 Å². The predicted octanol–water partition coefficient (Wildman–Crippen LogP) is 2.98. The van der Waals surface area contributed by atoms with Crippen LogP contribution in [0.5, 0.6) is 0 Å². The SMILES string of the molecule is Cc1cnc2c(Cl)nc3ccc(F)cc3n12. The van der Waals surface area contributed by atoms with E-state index in [1.807, 2.05) is 6.92 Å². The van der Waals surface area contributed by atoms with Gasteiger partial charge in [-0.2, -0.15) is 0 Å². The van der Waals surface area contributed by atoms with Crippen LogP contribution in [0.2, 0.25) is 5.15 Å². The summed E-state index contributed by atoms with van der Waals surface area (Å²) >= 11 is 6.00. The fourth-order valence-corrected chi connectivity index (χ4v) is 2.04. The van der Waals surface area contributed by atoms with Crippen LogP contribution in [0.3, 0.4) is 0 Å². The Labute approximate surface area is 95.5 Å². The van der Waals surface area contributed by atoms with Crippen LogP contribution in [-0.2, 0) is 0 Å². The molecule has 2 heterocycles. The molecule has 0 saturated carbocycles. The second-order valence-corrected chi connectivity index (χ2v) is 3.95. The van der Waals surface area contributed by atoms with Gasteiger partial charge in [-0.25, -0.2) is 14.4 Å². The summed E-state index contributed by atoms with van der Waals surface area (Å²) in [5.41, 5.74) is 2.78. The molecule has 16 heavy (non-hydrogen) atoms. The lowest BCUT2D eigenvalue weighted by atomic mass is 10.3. The number of aryl methyl sites for hydroxylation is 1. The Balaban J connectivity index is 2.64. The Hall–Kier alpha value is -1.68. The summed E-state index contributed by atoms with van der Waals surface area (Å²) in [7, 11) is 0. The van der Waals surface area contributed by atoms with Gasteiger partial charge in [0.15, 0.2) is 10.8 Å². The minimum atomic E-state index is -0.300. The van der Waals surface area contributed by atoms with Crippen molar-refractivity contribution in [2.45, 2.75) is 6.92 Å². The third-order valence-corrected chi connectivity index (χ3v) is 2.77. The standard InChI is InChI=1S/C11H7ClFN3/c1-6-5-14-11-10(12)15-8-3-2-7(13)4-9(8)16(6)11/h2-5H,1H3. The van der Waals surface area contributed by atoms with E-state index in [1.165, 1.54) is 12.1 Å². The fraction of sp³-hybridized carbons (Fsp3) is 0.0909. The first-order chi connectivity index (χ1) is 7.66. The molecule has 3 aromatic rings. The molecule has 0 fully saturated rings. The van der Waals surface area contributed by atoms with Gasteiger partial charge >= 0.3 is 0 Å². The van der Waals surface area contributed by atoms with Gasteiger partial charge in [-0.05, 0) is 19.1 Å². The highest BCUT2D eigenvalue weighted by Gasteiger charge is 2.10. The Kier molecular flexibility index (Phi) is 1.88. The van der Waals surface area contributed by atoms with Gasteiger partial charge in [-0.1, -0.05) is 11.6 Å². The predicted molar refractivity (Wildman–Crippen MR) is 60.2 cm³/mol. The summed E-state index contributed by atoms with van der Waals surface area (Å²) < 4.78 is 15.0. The lowest BCUT2D eigenvalue weighted by Gasteiger charge is -2.04. The molecule has 0 unspecified atom stereocenters. The van der Waals surface area contributed by atoms with Crippen molar-refractivity contribution in [1.82, 2.24) is 14.4 Å². The maximum Gasteiger partial charge on any atom is 0.175 e. The Bertz CT molecular complexity index is 705. The number of benzene rings is 1. The minimum absolute atomic E-state index is 0.300. The highest BCUT2D eigenvalue weighted by molar-refractivity contribution is 6.32. The van der Waals surface area contributed by atoms with Gasteiger partial charge in [0.25, 0.3) is 0 Å². The van der Waals surface area contributed by atoms with E-state index in [9.17, 15) is 4.39 Å². The van der Waals surface area contributed by atoms with E-state index in [0.29, 0.717) is 21.8 Å². The van der Waals surface area contributed by atoms with E-state index in [1.54, 1.807) is 16.7 Å². The van der Waals surface area contributed by atoms with Gasteiger partial charge in [-0.15, -0.1) is 0 Å². The van der Waals surface area contributed by atoms with Crippen molar-refractivity contribution in [2.24, 2.45) is 0 Å². The highest BCUT2D eigenvalue weighted by atomic mass is 35.5. The second kappa shape index (κ2) is 3.15. The topological polar surface area (TPSA) is 30.2 Å². The smallest absolute Gasteiger partial charge is 0.175 e. The van der Waals surface area contributed by atoms with Gasteiger partial charge in [0.1, 0.15) is 5.82 Å². The molecule has 0 radical (unpaired) electrons. The molecule has 0 aliphatic carbocycles. The van der Waals surface area contributed by atoms with Crippen molar-refractivity contribution < 1.29 is 4.39 Å². The van der Waals surface area contributed by atoms with Crippen LogP contribution < -0.4 is 0 Å². The van der Waals surface area contributed by atoms with Crippen molar-refractivity contribution in [2.75, 3.05) is 0 Å². The van der Waals surface area contributed by atoms with Gasteiger partial charge in [0.05, 0.1) is 11.0 Å². The molecule has 0 spiro atoms. The van der Waals surface area contributed by atoms with Crippen LogP contribution in [0.15, 0.2) is 24.4 Å². The van der Waals surface area contributed by atoms with Crippen molar-refractivity contribution in [3.8, 4) is 0 Å². The summed E-state index contributed by atoms with van der Waals surface area (Å²) in [6.07, 6.45) is 1.69. The zero-order valence-electron chi connectivity index (χ0n) is 8.41. The molecular formula is C11H7ClFN3. The third-order valence-electron chi connectivity index (χ3n) is 2.52. The quantitative estimate of drug-likeness (QED) is 0.600. The molecule has 2 aromatic heterocycles.